The molecular weight excluding hydrogens is 527 g/mol. The Balaban J connectivity index is 1.30. The summed E-state index contributed by atoms with van der Waals surface area (Å²) in [6, 6.07) is 8.82. The second-order valence-corrected chi connectivity index (χ2v) is 10.1. The Morgan fingerprint density at radius 1 is 1.07 bits per heavy atom. The van der Waals surface area contributed by atoms with Crippen molar-refractivity contribution in [1.29, 1.82) is 0 Å². The van der Waals surface area contributed by atoms with Gasteiger partial charge < -0.3 is 34.5 Å². The minimum absolute atomic E-state index is 0.0391. The molecule has 0 aliphatic carbocycles. The summed E-state index contributed by atoms with van der Waals surface area (Å²) in [6.07, 6.45) is 3.10. The van der Waals surface area contributed by atoms with Crippen molar-refractivity contribution < 1.29 is 18.7 Å². The predicted octanol–water partition coefficient (Wildman–Crippen LogP) is 3.95. The third kappa shape index (κ3) is 5.66. The average Bonchev–Trinajstić information content (AvgIpc) is 3.40. The van der Waals surface area contributed by atoms with Crippen LogP contribution in [0.5, 0.6) is 11.6 Å². The lowest BCUT2D eigenvalue weighted by molar-refractivity contribution is 0.0301. The first-order valence-corrected chi connectivity index (χ1v) is 13.9. The van der Waals surface area contributed by atoms with E-state index in [9.17, 15) is 4.79 Å². The number of H-pyrrole nitrogens is 1. The van der Waals surface area contributed by atoms with Gasteiger partial charge >= 0.3 is 0 Å². The third-order valence-electron chi connectivity index (χ3n) is 7.55. The summed E-state index contributed by atoms with van der Waals surface area (Å²) < 4.78 is 26.8. The molecule has 0 spiro atoms. The molecule has 2 N–H and O–H groups in total. The van der Waals surface area contributed by atoms with Gasteiger partial charge in [0, 0.05) is 55.9 Å². The van der Waals surface area contributed by atoms with Gasteiger partial charge in [-0.1, -0.05) is 6.92 Å². The monoisotopic (exact) mass is 560 g/mol. The summed E-state index contributed by atoms with van der Waals surface area (Å²) in [5, 5.41) is 3.56. The maximum atomic E-state index is 15.4. The highest BCUT2D eigenvalue weighted by molar-refractivity contribution is 6.01. The van der Waals surface area contributed by atoms with Gasteiger partial charge in [-0.2, -0.15) is 0 Å². The van der Waals surface area contributed by atoms with Crippen molar-refractivity contribution in [3.8, 4) is 11.6 Å². The number of aromatic nitrogens is 4. The zero-order valence-corrected chi connectivity index (χ0v) is 23.2. The molecule has 11 nitrogen and oxygen atoms in total. The molecule has 1 aromatic carbocycles. The van der Waals surface area contributed by atoms with Gasteiger partial charge in [-0.25, -0.2) is 19.3 Å². The molecule has 5 heterocycles. The Morgan fingerprint density at radius 3 is 2.61 bits per heavy atom. The van der Waals surface area contributed by atoms with Crippen LogP contribution in [0.3, 0.4) is 0 Å². The summed E-state index contributed by atoms with van der Waals surface area (Å²) in [6.45, 7) is 10.7. The SMILES string of the molecule is CCN1CCN(c2ccc(Nc3ncnc(Oc4ccc5[nH]c(C)cc5c4F)c3C(=O)N3CCOCC3)nc2)CC1. The van der Waals surface area contributed by atoms with Gasteiger partial charge in [0.1, 0.15) is 17.7 Å². The lowest BCUT2D eigenvalue weighted by Crippen LogP contribution is -2.46. The van der Waals surface area contributed by atoms with Gasteiger partial charge in [-0.3, -0.25) is 4.79 Å². The Hall–Kier alpha value is -4.29. The van der Waals surface area contributed by atoms with E-state index < -0.39 is 5.82 Å². The number of nitrogens with one attached hydrogen (secondary N) is 2. The average molecular weight is 561 g/mol. The Kier molecular flexibility index (Phi) is 7.66. The lowest BCUT2D eigenvalue weighted by atomic mass is 10.2. The summed E-state index contributed by atoms with van der Waals surface area (Å²) in [7, 11) is 0. The lowest BCUT2D eigenvalue weighted by Gasteiger charge is -2.35. The van der Waals surface area contributed by atoms with E-state index in [1.54, 1.807) is 17.0 Å². The summed E-state index contributed by atoms with van der Waals surface area (Å²) in [5.41, 5.74) is 2.62. The van der Waals surface area contributed by atoms with Crippen LogP contribution in [0.15, 0.2) is 42.9 Å². The molecule has 0 radical (unpaired) electrons. The molecule has 2 fully saturated rings. The minimum Gasteiger partial charge on any atom is -0.435 e. The summed E-state index contributed by atoms with van der Waals surface area (Å²) >= 11 is 0. The van der Waals surface area contributed by atoms with E-state index in [-0.39, 0.29) is 28.9 Å². The molecule has 12 heteroatoms. The second-order valence-electron chi connectivity index (χ2n) is 10.1. The van der Waals surface area contributed by atoms with Gasteiger partial charge in [0.15, 0.2) is 17.4 Å². The number of carbonyl (C=O) groups excluding carboxylic acids is 1. The van der Waals surface area contributed by atoms with Crippen molar-refractivity contribution >= 4 is 34.1 Å². The van der Waals surface area contributed by atoms with Crippen molar-refractivity contribution in [2.45, 2.75) is 13.8 Å². The number of rotatable bonds is 7. The Labute approximate surface area is 237 Å². The molecule has 3 aromatic heterocycles. The van der Waals surface area contributed by atoms with Crippen LogP contribution in [0.4, 0.5) is 21.7 Å². The van der Waals surface area contributed by atoms with Gasteiger partial charge in [-0.15, -0.1) is 0 Å². The zero-order chi connectivity index (χ0) is 28.3. The molecule has 2 aliphatic heterocycles. The molecule has 0 bridgehead atoms. The van der Waals surface area contributed by atoms with Crippen LogP contribution in [-0.2, 0) is 4.74 Å². The smallest absolute Gasteiger partial charge is 0.263 e. The standard InChI is InChI=1S/C29H33FN8O3/c1-3-36-8-10-37(11-9-36)20-4-7-24(31-17-20)35-27-25(29(39)38-12-14-40-15-13-38)28(33-18-32-27)41-23-6-5-22-21(26(23)30)16-19(2)34-22/h4-7,16-18,34H,3,8-15H2,1-2H3,(H,31,32,33,35). The first-order chi connectivity index (χ1) is 20.0. The van der Waals surface area contributed by atoms with Crippen LogP contribution in [0, 0.1) is 12.7 Å². The van der Waals surface area contributed by atoms with E-state index in [0.29, 0.717) is 43.0 Å². The number of piperazine rings is 1. The molecule has 0 unspecified atom stereocenters. The predicted molar refractivity (Wildman–Crippen MR) is 154 cm³/mol. The number of carbonyl (C=O) groups is 1. The van der Waals surface area contributed by atoms with Crippen LogP contribution in [0.2, 0.25) is 0 Å². The molecule has 2 saturated heterocycles. The third-order valence-corrected chi connectivity index (χ3v) is 7.55. The first-order valence-electron chi connectivity index (χ1n) is 13.9. The van der Waals surface area contributed by atoms with Crippen LogP contribution >= 0.6 is 0 Å². The minimum atomic E-state index is -0.540. The van der Waals surface area contributed by atoms with Gasteiger partial charge in [0.25, 0.3) is 5.91 Å². The second kappa shape index (κ2) is 11.7. The highest BCUT2D eigenvalue weighted by Crippen LogP contribution is 2.34. The molecule has 4 aromatic rings. The number of benzene rings is 1. The van der Waals surface area contributed by atoms with Gasteiger partial charge in [-0.05, 0) is 43.8 Å². The van der Waals surface area contributed by atoms with Crippen LogP contribution in [0.25, 0.3) is 10.9 Å². The number of amides is 1. The highest BCUT2D eigenvalue weighted by Gasteiger charge is 2.28. The molecule has 214 valence electrons. The molecule has 6 rings (SSSR count). The quantitative estimate of drug-likeness (QED) is 0.347. The zero-order valence-electron chi connectivity index (χ0n) is 23.2. The maximum absolute atomic E-state index is 15.4. The molecule has 2 aliphatic rings. The topological polar surface area (TPSA) is 112 Å². The molecule has 1 amide bonds. The number of aromatic amines is 1. The summed E-state index contributed by atoms with van der Waals surface area (Å²) in [5.74, 6) is -0.227. The Bertz CT molecular complexity index is 1530. The number of anilines is 3. The van der Waals surface area contributed by atoms with Crippen LogP contribution < -0.4 is 15.0 Å². The van der Waals surface area contributed by atoms with Crippen molar-refractivity contribution in [1.82, 2.24) is 29.7 Å². The molecule has 41 heavy (non-hydrogen) atoms. The number of pyridine rings is 1. The number of nitrogens with zero attached hydrogens (tertiary/aromatic N) is 6. The fourth-order valence-corrected chi connectivity index (χ4v) is 5.22. The van der Waals surface area contributed by atoms with Crippen molar-refractivity contribution in [3.05, 3.63) is 59.9 Å². The number of fused-ring (bicyclic) bond motifs is 1. The number of likely N-dealkylation sites (N-methyl/N-ethyl adjacent to an activating group) is 1. The van der Waals surface area contributed by atoms with E-state index in [1.165, 1.54) is 12.4 Å². The fourth-order valence-electron chi connectivity index (χ4n) is 5.22. The normalized spacial score (nSPS) is 16.3. The number of ether oxygens (including phenoxy) is 2. The van der Waals surface area contributed by atoms with E-state index >= 15 is 4.39 Å². The van der Waals surface area contributed by atoms with E-state index in [2.05, 4.69) is 42.0 Å². The summed E-state index contributed by atoms with van der Waals surface area (Å²) in [4.78, 5) is 36.5. The fraction of sp³-hybridized carbons (Fsp3) is 0.379. The first kappa shape index (κ1) is 26.9. The maximum Gasteiger partial charge on any atom is 0.263 e. The molecule has 0 atom stereocenters. The van der Waals surface area contributed by atoms with Crippen molar-refractivity contribution in [2.24, 2.45) is 0 Å². The van der Waals surface area contributed by atoms with Crippen molar-refractivity contribution in [3.63, 3.8) is 0 Å². The Morgan fingerprint density at radius 2 is 1.88 bits per heavy atom. The largest absolute Gasteiger partial charge is 0.435 e. The number of halogens is 1. The number of aryl methyl sites for hydroxylation is 1. The number of hydrogen-bond donors (Lipinski definition) is 2. The van der Waals surface area contributed by atoms with Crippen LogP contribution in [0.1, 0.15) is 23.0 Å². The van der Waals surface area contributed by atoms with E-state index in [4.69, 9.17) is 9.47 Å². The highest BCUT2D eigenvalue weighted by atomic mass is 19.1. The van der Waals surface area contributed by atoms with E-state index in [0.717, 1.165) is 44.1 Å². The number of hydrogen-bond acceptors (Lipinski definition) is 9. The van der Waals surface area contributed by atoms with E-state index in [1.807, 2.05) is 25.3 Å². The van der Waals surface area contributed by atoms with Gasteiger partial charge in [0.05, 0.1) is 25.1 Å². The van der Waals surface area contributed by atoms with Crippen LogP contribution in [-0.4, -0.2) is 94.7 Å². The molecule has 0 saturated carbocycles. The van der Waals surface area contributed by atoms with Crippen molar-refractivity contribution in [2.75, 3.05) is 69.2 Å². The number of morpholine rings is 1. The van der Waals surface area contributed by atoms with Gasteiger partial charge in [0.2, 0.25) is 5.88 Å². The molecular formula is C29H33FN8O3.